The molecule has 0 spiro atoms. The van der Waals surface area contributed by atoms with Crippen LogP contribution in [-0.4, -0.2) is 17.5 Å². The Balaban J connectivity index is 3.36. The van der Waals surface area contributed by atoms with Gasteiger partial charge in [0.05, 0.1) is 29.6 Å². The minimum absolute atomic E-state index is 0.0807. The second-order valence-electron chi connectivity index (χ2n) is 3.72. The van der Waals surface area contributed by atoms with E-state index < -0.39 is 40.6 Å². The van der Waals surface area contributed by atoms with E-state index >= 15 is 0 Å². The van der Waals surface area contributed by atoms with Gasteiger partial charge in [-0.25, -0.2) is 8.78 Å². The fourth-order valence-electron chi connectivity index (χ4n) is 1.63. The summed E-state index contributed by atoms with van der Waals surface area (Å²) >= 11 is 0. The summed E-state index contributed by atoms with van der Waals surface area (Å²) in [6.45, 7) is 1.64. The maximum absolute atomic E-state index is 12.8. The van der Waals surface area contributed by atoms with Gasteiger partial charge in [0.15, 0.2) is 0 Å². The Morgan fingerprint density at radius 1 is 1.55 bits per heavy atom. The van der Waals surface area contributed by atoms with Crippen LogP contribution in [0.3, 0.4) is 0 Å². The topological polar surface area (TPSA) is 93.2 Å². The maximum Gasteiger partial charge on any atom is 0.310 e. The molecule has 0 aliphatic rings. The number of nitriles is 1. The SMILES string of the molecule is CCOC(=O)Cc1cc([N+](=O)[O-])cc(C(F)F)c1C#N. The highest BCUT2D eigenvalue weighted by Crippen LogP contribution is 2.30. The van der Waals surface area contributed by atoms with E-state index in [0.29, 0.717) is 6.07 Å². The fraction of sp³-hybridized carbons (Fsp3) is 0.333. The maximum atomic E-state index is 12.8. The smallest absolute Gasteiger partial charge is 0.310 e. The molecule has 1 aromatic rings. The first-order chi connectivity index (χ1) is 9.40. The van der Waals surface area contributed by atoms with Crippen molar-refractivity contribution >= 4 is 11.7 Å². The van der Waals surface area contributed by atoms with Gasteiger partial charge in [-0.1, -0.05) is 0 Å². The number of carbonyl (C=O) groups is 1. The van der Waals surface area contributed by atoms with Crippen LogP contribution in [-0.2, 0) is 16.0 Å². The van der Waals surface area contributed by atoms with Crippen LogP contribution in [0.5, 0.6) is 0 Å². The third-order valence-corrected chi connectivity index (χ3v) is 2.43. The zero-order valence-corrected chi connectivity index (χ0v) is 10.4. The molecule has 1 aromatic carbocycles. The Bertz CT molecular complexity index is 582. The van der Waals surface area contributed by atoms with Crippen LogP contribution in [0.2, 0.25) is 0 Å². The van der Waals surface area contributed by atoms with E-state index in [1.165, 1.54) is 0 Å². The highest BCUT2D eigenvalue weighted by atomic mass is 19.3. The van der Waals surface area contributed by atoms with E-state index in [1.54, 1.807) is 13.0 Å². The van der Waals surface area contributed by atoms with Crippen molar-refractivity contribution in [3.8, 4) is 6.07 Å². The molecular weight excluding hydrogens is 274 g/mol. The van der Waals surface area contributed by atoms with Crippen molar-refractivity contribution in [3.05, 3.63) is 38.9 Å². The summed E-state index contributed by atoms with van der Waals surface area (Å²) in [5.74, 6) is -0.746. The quantitative estimate of drug-likeness (QED) is 0.470. The molecule has 0 amide bonds. The first kappa shape index (κ1) is 15.5. The molecule has 0 bridgehead atoms. The minimum atomic E-state index is -3.05. The number of nitro benzene ring substituents is 1. The van der Waals surface area contributed by atoms with Crippen molar-refractivity contribution in [1.82, 2.24) is 0 Å². The summed E-state index contributed by atoms with van der Waals surface area (Å²) in [5, 5.41) is 19.6. The Kier molecular flexibility index (Phi) is 5.08. The van der Waals surface area contributed by atoms with Crippen molar-refractivity contribution in [3.63, 3.8) is 0 Å². The van der Waals surface area contributed by atoms with Crippen LogP contribution >= 0.6 is 0 Å². The van der Waals surface area contributed by atoms with Gasteiger partial charge in [0.25, 0.3) is 12.1 Å². The molecule has 0 radical (unpaired) electrons. The molecule has 8 heteroatoms. The molecule has 0 unspecified atom stereocenters. The Morgan fingerprint density at radius 3 is 2.65 bits per heavy atom. The number of benzene rings is 1. The molecule has 0 saturated carbocycles. The van der Waals surface area contributed by atoms with Gasteiger partial charge in [-0.2, -0.15) is 5.26 Å². The third kappa shape index (κ3) is 3.47. The third-order valence-electron chi connectivity index (χ3n) is 2.43. The summed E-state index contributed by atoms with van der Waals surface area (Å²) in [7, 11) is 0. The van der Waals surface area contributed by atoms with E-state index in [2.05, 4.69) is 4.74 Å². The lowest BCUT2D eigenvalue weighted by Crippen LogP contribution is -2.10. The number of nitrogens with zero attached hydrogens (tertiary/aromatic N) is 2. The molecular formula is C12H10F2N2O4. The molecule has 0 fully saturated rings. The summed E-state index contributed by atoms with van der Waals surface area (Å²) in [5.41, 5.74) is -1.94. The molecule has 0 aliphatic carbocycles. The van der Waals surface area contributed by atoms with Gasteiger partial charge in [-0.15, -0.1) is 0 Å². The lowest BCUT2D eigenvalue weighted by Gasteiger charge is -2.09. The van der Waals surface area contributed by atoms with Crippen molar-refractivity contribution in [2.45, 2.75) is 19.8 Å². The van der Waals surface area contributed by atoms with Gasteiger partial charge in [-0.3, -0.25) is 14.9 Å². The number of hydrogen-bond donors (Lipinski definition) is 0. The van der Waals surface area contributed by atoms with E-state index in [-0.39, 0.29) is 12.2 Å². The van der Waals surface area contributed by atoms with Crippen LogP contribution in [0.1, 0.15) is 30.0 Å². The van der Waals surface area contributed by atoms with Gasteiger partial charge < -0.3 is 4.74 Å². The Morgan fingerprint density at radius 2 is 2.20 bits per heavy atom. The van der Waals surface area contributed by atoms with Crippen LogP contribution in [0.4, 0.5) is 14.5 Å². The predicted molar refractivity (Wildman–Crippen MR) is 63.1 cm³/mol. The summed E-state index contributed by atoms with van der Waals surface area (Å²) in [4.78, 5) is 21.2. The van der Waals surface area contributed by atoms with E-state index in [9.17, 15) is 23.7 Å². The van der Waals surface area contributed by atoms with Crippen LogP contribution in [0, 0.1) is 21.4 Å². The molecule has 6 nitrogen and oxygen atoms in total. The van der Waals surface area contributed by atoms with Gasteiger partial charge in [0.1, 0.15) is 0 Å². The molecule has 106 valence electrons. The van der Waals surface area contributed by atoms with E-state index in [1.807, 2.05) is 0 Å². The summed E-state index contributed by atoms with van der Waals surface area (Å²) in [6.07, 6.45) is -3.52. The highest BCUT2D eigenvalue weighted by molar-refractivity contribution is 5.74. The second kappa shape index (κ2) is 6.56. The summed E-state index contributed by atoms with van der Waals surface area (Å²) in [6, 6.07) is 3.12. The lowest BCUT2D eigenvalue weighted by molar-refractivity contribution is -0.385. The molecule has 0 aliphatic heterocycles. The number of non-ortho nitro benzene ring substituents is 1. The first-order valence-corrected chi connectivity index (χ1v) is 5.55. The predicted octanol–water partition coefficient (Wildman–Crippen LogP) is 2.51. The number of hydrogen-bond acceptors (Lipinski definition) is 5. The number of esters is 1. The van der Waals surface area contributed by atoms with Gasteiger partial charge in [0.2, 0.25) is 0 Å². The van der Waals surface area contributed by atoms with Crippen molar-refractivity contribution < 1.29 is 23.2 Å². The van der Waals surface area contributed by atoms with Crippen molar-refractivity contribution in [2.24, 2.45) is 0 Å². The highest BCUT2D eigenvalue weighted by Gasteiger charge is 2.23. The van der Waals surface area contributed by atoms with E-state index in [0.717, 1.165) is 6.07 Å². The largest absolute Gasteiger partial charge is 0.466 e. The number of nitro groups is 1. The average Bonchev–Trinajstić information content (AvgIpc) is 2.37. The zero-order chi connectivity index (χ0) is 15.3. The zero-order valence-electron chi connectivity index (χ0n) is 10.4. The van der Waals surface area contributed by atoms with Crippen LogP contribution in [0.25, 0.3) is 0 Å². The lowest BCUT2D eigenvalue weighted by atomic mass is 9.98. The molecule has 20 heavy (non-hydrogen) atoms. The molecule has 0 N–H and O–H groups in total. The number of rotatable bonds is 5. The standard InChI is InChI=1S/C12H10F2N2O4/c1-2-20-11(17)4-7-3-8(16(18)19)5-9(12(13)14)10(7)6-15/h3,5,12H,2,4H2,1H3. The molecule has 0 heterocycles. The van der Waals surface area contributed by atoms with Crippen LogP contribution in [0.15, 0.2) is 12.1 Å². The van der Waals surface area contributed by atoms with Gasteiger partial charge >= 0.3 is 5.97 Å². The minimum Gasteiger partial charge on any atom is -0.466 e. The second-order valence-corrected chi connectivity index (χ2v) is 3.72. The Labute approximate surface area is 112 Å². The number of halogens is 2. The molecule has 1 rings (SSSR count). The monoisotopic (exact) mass is 284 g/mol. The molecule has 0 aromatic heterocycles. The first-order valence-electron chi connectivity index (χ1n) is 5.55. The number of alkyl halides is 2. The summed E-state index contributed by atoms with van der Waals surface area (Å²) < 4.78 is 30.3. The molecule has 0 atom stereocenters. The van der Waals surface area contributed by atoms with Crippen LogP contribution < -0.4 is 0 Å². The van der Waals surface area contributed by atoms with E-state index in [4.69, 9.17) is 5.26 Å². The van der Waals surface area contributed by atoms with Crippen molar-refractivity contribution in [2.75, 3.05) is 6.61 Å². The normalized spacial score (nSPS) is 10.2. The average molecular weight is 284 g/mol. The fourth-order valence-corrected chi connectivity index (χ4v) is 1.63. The van der Waals surface area contributed by atoms with Gasteiger partial charge in [0, 0.05) is 17.7 Å². The number of ether oxygens (including phenoxy) is 1. The number of carbonyl (C=O) groups excluding carboxylic acids is 1. The molecule has 0 saturated heterocycles. The van der Waals surface area contributed by atoms with Crippen molar-refractivity contribution in [1.29, 1.82) is 5.26 Å². The van der Waals surface area contributed by atoms with Gasteiger partial charge in [-0.05, 0) is 12.5 Å². The Hall–Kier alpha value is -2.56.